The summed E-state index contributed by atoms with van der Waals surface area (Å²) in [6, 6.07) is 19.3. The maximum Gasteiger partial charge on any atom is 0.266 e. The third kappa shape index (κ3) is 3.17. The SMILES string of the molecule is COc1ccc(Cl)cc1N1C(=O)C2C(CC(C)C)NC3(c4ccccc4-n4c3nc3ccccc3c4=O)C2C1=O. The summed E-state index contributed by atoms with van der Waals surface area (Å²) in [6.45, 7) is 4.18. The molecule has 9 heteroatoms. The van der Waals surface area contributed by atoms with Crippen LogP contribution >= 0.6 is 11.6 Å². The first kappa shape index (κ1) is 25.0. The van der Waals surface area contributed by atoms with Gasteiger partial charge in [0, 0.05) is 16.6 Å². The third-order valence-corrected chi connectivity index (χ3v) is 8.70. The highest BCUT2D eigenvalue weighted by Crippen LogP contribution is 2.56. The molecule has 4 unspecified atom stereocenters. The van der Waals surface area contributed by atoms with Crippen LogP contribution in [-0.2, 0) is 15.1 Å². The molecule has 1 aromatic heterocycles. The lowest BCUT2D eigenvalue weighted by Gasteiger charge is -2.32. The minimum atomic E-state index is -1.18. The summed E-state index contributed by atoms with van der Waals surface area (Å²) in [4.78, 5) is 49.0. The number of para-hydroxylation sites is 2. The standard InChI is InChI=1S/C31H27ClN4O4/c1-16(2)14-21-25-26(29(39)35(28(25)38)23-15-17(32)12-13-24(23)40-3)31(34-21)19-9-5-7-11-22(19)36-27(37)18-8-4-6-10-20(18)33-30(31)36/h4-13,15-16,21,25-26,34H,14H2,1-3H3. The van der Waals surface area contributed by atoms with Gasteiger partial charge in [-0.25, -0.2) is 9.88 Å². The van der Waals surface area contributed by atoms with E-state index in [0.717, 1.165) is 5.56 Å². The van der Waals surface area contributed by atoms with Gasteiger partial charge in [0.05, 0.1) is 41.2 Å². The van der Waals surface area contributed by atoms with E-state index in [-0.39, 0.29) is 29.3 Å². The molecule has 0 radical (unpaired) electrons. The Bertz CT molecular complexity index is 1800. The molecule has 2 fully saturated rings. The van der Waals surface area contributed by atoms with E-state index in [9.17, 15) is 14.4 Å². The smallest absolute Gasteiger partial charge is 0.266 e. The van der Waals surface area contributed by atoms with Gasteiger partial charge in [-0.1, -0.05) is 55.8 Å². The molecule has 1 N–H and O–H groups in total. The van der Waals surface area contributed by atoms with Crippen molar-refractivity contribution in [2.45, 2.75) is 31.8 Å². The number of aromatic nitrogens is 2. The van der Waals surface area contributed by atoms with Gasteiger partial charge in [0.25, 0.3) is 5.56 Å². The molecule has 3 aliphatic heterocycles. The Kier molecular flexibility index (Phi) is 5.46. The van der Waals surface area contributed by atoms with E-state index in [1.54, 1.807) is 34.9 Å². The molecule has 4 atom stereocenters. The zero-order valence-corrected chi connectivity index (χ0v) is 23.0. The van der Waals surface area contributed by atoms with Crippen molar-refractivity contribution in [1.82, 2.24) is 14.9 Å². The van der Waals surface area contributed by atoms with Crippen LogP contribution in [0.3, 0.4) is 0 Å². The van der Waals surface area contributed by atoms with E-state index in [0.29, 0.717) is 45.3 Å². The predicted octanol–water partition coefficient (Wildman–Crippen LogP) is 4.43. The Labute approximate surface area is 235 Å². The van der Waals surface area contributed by atoms with Crippen molar-refractivity contribution in [1.29, 1.82) is 0 Å². The Morgan fingerprint density at radius 2 is 1.75 bits per heavy atom. The maximum absolute atomic E-state index is 14.6. The molecule has 7 rings (SSSR count). The number of anilines is 1. The third-order valence-electron chi connectivity index (χ3n) is 8.47. The molecule has 0 bridgehead atoms. The number of nitrogens with one attached hydrogen (secondary N) is 1. The average Bonchev–Trinajstić information content (AvgIpc) is 3.51. The lowest BCUT2D eigenvalue weighted by Crippen LogP contribution is -2.50. The molecular formula is C31H27ClN4O4. The lowest BCUT2D eigenvalue weighted by atomic mass is 9.75. The van der Waals surface area contributed by atoms with Crippen LogP contribution in [0.4, 0.5) is 5.69 Å². The van der Waals surface area contributed by atoms with Gasteiger partial charge < -0.3 is 4.74 Å². The number of carbonyl (C=O) groups excluding carboxylic acids is 2. The van der Waals surface area contributed by atoms with Gasteiger partial charge >= 0.3 is 0 Å². The second-order valence-electron chi connectivity index (χ2n) is 11.1. The first-order valence-corrected chi connectivity index (χ1v) is 13.8. The van der Waals surface area contributed by atoms with Gasteiger partial charge in [0.15, 0.2) is 0 Å². The van der Waals surface area contributed by atoms with Crippen LogP contribution in [-0.4, -0.2) is 34.5 Å². The number of ether oxygens (including phenoxy) is 1. The van der Waals surface area contributed by atoms with Crippen LogP contribution in [0.1, 0.15) is 31.7 Å². The number of halogens is 1. The Hall–Kier alpha value is -4.01. The van der Waals surface area contributed by atoms with E-state index in [4.69, 9.17) is 21.3 Å². The summed E-state index contributed by atoms with van der Waals surface area (Å²) in [5.74, 6) is -1.16. The van der Waals surface area contributed by atoms with Crippen LogP contribution in [0.5, 0.6) is 5.75 Å². The zero-order chi connectivity index (χ0) is 27.9. The van der Waals surface area contributed by atoms with Crippen molar-refractivity contribution in [3.05, 3.63) is 93.5 Å². The molecule has 0 aliphatic carbocycles. The Morgan fingerprint density at radius 3 is 2.52 bits per heavy atom. The quantitative estimate of drug-likeness (QED) is 0.375. The lowest BCUT2D eigenvalue weighted by molar-refractivity contribution is -0.123. The second kappa shape index (κ2) is 8.74. The number of benzene rings is 3. The molecule has 1 spiro atoms. The molecule has 4 heterocycles. The van der Waals surface area contributed by atoms with E-state index >= 15 is 0 Å². The van der Waals surface area contributed by atoms with Crippen molar-refractivity contribution in [3.63, 3.8) is 0 Å². The molecule has 3 aromatic carbocycles. The van der Waals surface area contributed by atoms with Gasteiger partial charge in [-0.05, 0) is 48.7 Å². The van der Waals surface area contributed by atoms with Gasteiger partial charge in [-0.15, -0.1) is 0 Å². The molecular weight excluding hydrogens is 528 g/mol. The summed E-state index contributed by atoms with van der Waals surface area (Å²) >= 11 is 6.33. The zero-order valence-electron chi connectivity index (χ0n) is 22.2. The van der Waals surface area contributed by atoms with E-state index < -0.39 is 17.4 Å². The molecule has 2 amide bonds. The fraction of sp³-hybridized carbons (Fsp3) is 0.290. The summed E-state index contributed by atoms with van der Waals surface area (Å²) in [6.07, 6.45) is 0.655. The Balaban J connectivity index is 1.52. The molecule has 2 saturated heterocycles. The van der Waals surface area contributed by atoms with E-state index in [2.05, 4.69) is 19.2 Å². The number of rotatable bonds is 4. The van der Waals surface area contributed by atoms with Crippen LogP contribution in [0.25, 0.3) is 16.6 Å². The van der Waals surface area contributed by atoms with Crippen molar-refractivity contribution < 1.29 is 14.3 Å². The molecule has 3 aliphatic rings. The number of methoxy groups -OCH3 is 1. The monoisotopic (exact) mass is 554 g/mol. The minimum absolute atomic E-state index is 0.208. The molecule has 40 heavy (non-hydrogen) atoms. The van der Waals surface area contributed by atoms with E-state index in [1.807, 2.05) is 36.4 Å². The summed E-state index contributed by atoms with van der Waals surface area (Å²) in [5.41, 5.74) is 0.890. The van der Waals surface area contributed by atoms with Gasteiger partial charge in [0.1, 0.15) is 17.1 Å². The van der Waals surface area contributed by atoms with Gasteiger partial charge in [0.2, 0.25) is 11.8 Å². The second-order valence-corrected chi connectivity index (χ2v) is 11.6. The first-order chi connectivity index (χ1) is 19.3. The highest BCUT2D eigenvalue weighted by Gasteiger charge is 2.70. The van der Waals surface area contributed by atoms with Crippen LogP contribution in [0.2, 0.25) is 5.02 Å². The fourth-order valence-corrected chi connectivity index (χ4v) is 7.17. The highest BCUT2D eigenvalue weighted by molar-refractivity contribution is 6.31. The van der Waals surface area contributed by atoms with Crippen LogP contribution < -0.4 is 20.5 Å². The van der Waals surface area contributed by atoms with Crippen molar-refractivity contribution in [3.8, 4) is 11.4 Å². The molecule has 8 nitrogen and oxygen atoms in total. The maximum atomic E-state index is 14.6. The predicted molar refractivity (Wildman–Crippen MR) is 152 cm³/mol. The summed E-state index contributed by atoms with van der Waals surface area (Å²) in [5, 5.41) is 4.61. The minimum Gasteiger partial charge on any atom is -0.495 e. The topological polar surface area (TPSA) is 93.5 Å². The van der Waals surface area contributed by atoms with Gasteiger partial charge in [-0.3, -0.25) is 24.3 Å². The molecule has 202 valence electrons. The number of nitrogens with zero attached hydrogens (tertiary/aromatic N) is 3. The fourth-order valence-electron chi connectivity index (χ4n) is 7.00. The first-order valence-electron chi connectivity index (χ1n) is 13.4. The van der Waals surface area contributed by atoms with Crippen molar-refractivity contribution >= 4 is 40.0 Å². The number of hydrogen-bond donors (Lipinski definition) is 1. The highest BCUT2D eigenvalue weighted by atomic mass is 35.5. The Morgan fingerprint density at radius 1 is 1.00 bits per heavy atom. The largest absolute Gasteiger partial charge is 0.495 e. The number of amides is 2. The van der Waals surface area contributed by atoms with Gasteiger partial charge in [-0.2, -0.15) is 0 Å². The van der Waals surface area contributed by atoms with E-state index in [1.165, 1.54) is 12.0 Å². The molecule has 4 aromatic rings. The summed E-state index contributed by atoms with van der Waals surface area (Å²) in [7, 11) is 1.49. The van der Waals surface area contributed by atoms with Crippen molar-refractivity contribution in [2.75, 3.05) is 12.0 Å². The normalized spacial score (nSPS) is 24.7. The average molecular weight is 555 g/mol. The molecule has 0 saturated carbocycles. The van der Waals surface area contributed by atoms with Crippen molar-refractivity contribution in [2.24, 2.45) is 17.8 Å². The van der Waals surface area contributed by atoms with Crippen LogP contribution in [0.15, 0.2) is 71.5 Å². The number of hydrogen-bond acceptors (Lipinski definition) is 6. The van der Waals surface area contributed by atoms with Crippen LogP contribution in [0, 0.1) is 17.8 Å². The number of fused-ring (bicyclic) bond motifs is 8. The number of carbonyl (C=O) groups is 2. The number of imide groups is 1. The summed E-state index contributed by atoms with van der Waals surface area (Å²) < 4.78 is 7.15.